The van der Waals surface area contributed by atoms with Gasteiger partial charge in [-0.3, -0.25) is 15.0 Å². The third-order valence-corrected chi connectivity index (χ3v) is 3.01. The summed E-state index contributed by atoms with van der Waals surface area (Å²) in [5.41, 5.74) is 1.28. The second-order valence-electron chi connectivity index (χ2n) is 4.51. The van der Waals surface area contributed by atoms with E-state index in [-0.39, 0.29) is 10.6 Å². The first-order chi connectivity index (χ1) is 8.15. The molecule has 1 aromatic rings. The Morgan fingerprint density at radius 1 is 1.47 bits per heavy atom. The molecule has 1 saturated heterocycles. The average molecular weight is 235 g/mol. The van der Waals surface area contributed by atoms with Crippen molar-refractivity contribution in [2.45, 2.75) is 19.5 Å². The highest BCUT2D eigenvalue weighted by Gasteiger charge is 2.15. The van der Waals surface area contributed by atoms with Crippen LogP contribution in [0.25, 0.3) is 0 Å². The minimum atomic E-state index is -0.364. The minimum absolute atomic E-state index is 0.155. The highest BCUT2D eigenvalue weighted by Crippen LogP contribution is 2.14. The van der Waals surface area contributed by atoms with Crippen LogP contribution < -0.4 is 5.32 Å². The normalized spacial score (nSPS) is 21.4. The zero-order valence-electron chi connectivity index (χ0n) is 9.93. The van der Waals surface area contributed by atoms with Crippen LogP contribution in [0.1, 0.15) is 12.5 Å². The smallest absolute Gasteiger partial charge is 0.269 e. The summed E-state index contributed by atoms with van der Waals surface area (Å²) in [6.07, 6.45) is 0. The van der Waals surface area contributed by atoms with Gasteiger partial charge < -0.3 is 5.32 Å². The largest absolute Gasteiger partial charge is 0.312 e. The van der Waals surface area contributed by atoms with Gasteiger partial charge in [-0.2, -0.15) is 0 Å². The first-order valence-corrected chi connectivity index (χ1v) is 5.84. The SMILES string of the molecule is C[C@@H]1CN(Cc2ccc([N+](=O)[O-])cc2)CCN1. The van der Waals surface area contributed by atoms with Crippen LogP contribution in [0.3, 0.4) is 0 Å². The number of nitro groups is 1. The van der Waals surface area contributed by atoms with Crippen molar-refractivity contribution >= 4 is 5.69 Å². The number of nitrogens with one attached hydrogen (secondary N) is 1. The van der Waals surface area contributed by atoms with Gasteiger partial charge in [-0.1, -0.05) is 12.1 Å². The van der Waals surface area contributed by atoms with E-state index in [4.69, 9.17) is 0 Å². The summed E-state index contributed by atoms with van der Waals surface area (Å²) in [5, 5.41) is 13.9. The number of rotatable bonds is 3. The molecule has 2 rings (SSSR count). The molecular formula is C12H17N3O2. The molecular weight excluding hydrogens is 218 g/mol. The summed E-state index contributed by atoms with van der Waals surface area (Å²) in [6.45, 7) is 6.10. The van der Waals surface area contributed by atoms with Gasteiger partial charge in [0.05, 0.1) is 4.92 Å². The lowest BCUT2D eigenvalue weighted by atomic mass is 10.1. The number of hydrogen-bond acceptors (Lipinski definition) is 4. The molecule has 1 aliphatic heterocycles. The molecule has 0 unspecified atom stereocenters. The minimum Gasteiger partial charge on any atom is -0.312 e. The molecule has 0 spiro atoms. The van der Waals surface area contributed by atoms with Crippen LogP contribution in [0, 0.1) is 10.1 Å². The lowest BCUT2D eigenvalue weighted by Gasteiger charge is -2.31. The van der Waals surface area contributed by atoms with Gasteiger partial charge in [0.2, 0.25) is 0 Å². The Balaban J connectivity index is 1.96. The number of nitro benzene ring substituents is 1. The number of benzene rings is 1. The van der Waals surface area contributed by atoms with Crippen molar-refractivity contribution in [1.29, 1.82) is 0 Å². The van der Waals surface area contributed by atoms with Crippen molar-refractivity contribution in [3.63, 3.8) is 0 Å². The van der Waals surface area contributed by atoms with Crippen LogP contribution in [-0.2, 0) is 6.54 Å². The van der Waals surface area contributed by atoms with Crippen molar-refractivity contribution in [3.05, 3.63) is 39.9 Å². The zero-order valence-corrected chi connectivity index (χ0v) is 9.93. The Bertz CT molecular complexity index is 391. The van der Waals surface area contributed by atoms with Gasteiger partial charge in [-0.05, 0) is 12.5 Å². The molecule has 1 N–H and O–H groups in total. The van der Waals surface area contributed by atoms with E-state index >= 15 is 0 Å². The van der Waals surface area contributed by atoms with E-state index in [1.807, 2.05) is 12.1 Å². The molecule has 1 fully saturated rings. The molecule has 1 aliphatic rings. The Morgan fingerprint density at radius 2 is 2.18 bits per heavy atom. The number of nitrogens with zero attached hydrogens (tertiary/aromatic N) is 2. The fraction of sp³-hybridized carbons (Fsp3) is 0.500. The van der Waals surface area contributed by atoms with Crippen LogP contribution in [-0.4, -0.2) is 35.5 Å². The molecule has 1 atom stereocenters. The molecule has 5 nitrogen and oxygen atoms in total. The van der Waals surface area contributed by atoms with Gasteiger partial charge >= 0.3 is 0 Å². The number of non-ortho nitro benzene ring substituents is 1. The van der Waals surface area contributed by atoms with E-state index in [0.717, 1.165) is 31.7 Å². The molecule has 0 bridgehead atoms. The van der Waals surface area contributed by atoms with Crippen molar-refractivity contribution in [1.82, 2.24) is 10.2 Å². The van der Waals surface area contributed by atoms with E-state index in [0.29, 0.717) is 6.04 Å². The summed E-state index contributed by atoms with van der Waals surface area (Å²) >= 11 is 0. The standard InChI is InChI=1S/C12H17N3O2/c1-10-8-14(7-6-13-10)9-11-2-4-12(5-3-11)15(16)17/h2-5,10,13H,6-9H2,1H3/t10-/m1/s1. The van der Waals surface area contributed by atoms with Crippen molar-refractivity contribution in [3.8, 4) is 0 Å². The molecule has 92 valence electrons. The lowest BCUT2D eigenvalue weighted by Crippen LogP contribution is -2.48. The molecule has 17 heavy (non-hydrogen) atoms. The maximum Gasteiger partial charge on any atom is 0.269 e. The Kier molecular flexibility index (Phi) is 3.71. The van der Waals surface area contributed by atoms with Crippen LogP contribution in [0.5, 0.6) is 0 Å². The van der Waals surface area contributed by atoms with Crippen LogP contribution in [0.4, 0.5) is 5.69 Å². The third-order valence-electron chi connectivity index (χ3n) is 3.01. The third kappa shape index (κ3) is 3.25. The van der Waals surface area contributed by atoms with Gasteiger partial charge in [0.25, 0.3) is 5.69 Å². The van der Waals surface area contributed by atoms with Gasteiger partial charge in [0.15, 0.2) is 0 Å². The van der Waals surface area contributed by atoms with Gasteiger partial charge in [0, 0.05) is 44.4 Å². The summed E-state index contributed by atoms with van der Waals surface area (Å²) in [5.74, 6) is 0. The quantitative estimate of drug-likeness (QED) is 0.635. The molecule has 1 aromatic carbocycles. The Hall–Kier alpha value is -1.46. The average Bonchev–Trinajstić information content (AvgIpc) is 2.29. The summed E-state index contributed by atoms with van der Waals surface area (Å²) in [4.78, 5) is 12.5. The maximum absolute atomic E-state index is 10.5. The van der Waals surface area contributed by atoms with Crippen LogP contribution in [0.15, 0.2) is 24.3 Å². The van der Waals surface area contributed by atoms with E-state index < -0.39 is 0 Å². The molecule has 0 amide bonds. The number of piperazine rings is 1. The summed E-state index contributed by atoms with van der Waals surface area (Å²) in [6, 6.07) is 7.33. The topological polar surface area (TPSA) is 58.4 Å². The summed E-state index contributed by atoms with van der Waals surface area (Å²) in [7, 11) is 0. The fourth-order valence-electron chi connectivity index (χ4n) is 2.14. The fourth-order valence-corrected chi connectivity index (χ4v) is 2.14. The van der Waals surface area contributed by atoms with E-state index in [1.165, 1.54) is 0 Å². The second kappa shape index (κ2) is 5.25. The van der Waals surface area contributed by atoms with Crippen molar-refractivity contribution in [2.24, 2.45) is 0 Å². The van der Waals surface area contributed by atoms with Gasteiger partial charge in [-0.15, -0.1) is 0 Å². The van der Waals surface area contributed by atoms with Crippen LogP contribution in [0.2, 0.25) is 0 Å². The molecule has 0 aromatic heterocycles. The molecule has 0 aliphatic carbocycles. The van der Waals surface area contributed by atoms with Crippen molar-refractivity contribution in [2.75, 3.05) is 19.6 Å². The summed E-state index contributed by atoms with van der Waals surface area (Å²) < 4.78 is 0. The van der Waals surface area contributed by atoms with Crippen molar-refractivity contribution < 1.29 is 4.92 Å². The van der Waals surface area contributed by atoms with Crippen LogP contribution >= 0.6 is 0 Å². The van der Waals surface area contributed by atoms with E-state index in [2.05, 4.69) is 17.1 Å². The second-order valence-corrected chi connectivity index (χ2v) is 4.51. The highest BCUT2D eigenvalue weighted by atomic mass is 16.6. The molecule has 5 heteroatoms. The maximum atomic E-state index is 10.5. The highest BCUT2D eigenvalue weighted by molar-refractivity contribution is 5.32. The first kappa shape index (κ1) is 12.0. The van der Waals surface area contributed by atoms with Gasteiger partial charge in [0.1, 0.15) is 0 Å². The molecule has 1 heterocycles. The van der Waals surface area contributed by atoms with E-state index in [9.17, 15) is 10.1 Å². The first-order valence-electron chi connectivity index (χ1n) is 5.84. The predicted molar refractivity (Wildman–Crippen MR) is 65.8 cm³/mol. The zero-order chi connectivity index (χ0) is 12.3. The lowest BCUT2D eigenvalue weighted by molar-refractivity contribution is -0.384. The monoisotopic (exact) mass is 235 g/mol. The number of hydrogen-bond donors (Lipinski definition) is 1. The van der Waals surface area contributed by atoms with Gasteiger partial charge in [-0.25, -0.2) is 0 Å². The predicted octanol–water partition coefficient (Wildman–Crippen LogP) is 1.39. The Labute approximate surface area is 101 Å². The van der Waals surface area contributed by atoms with E-state index in [1.54, 1.807) is 12.1 Å². The molecule has 0 radical (unpaired) electrons. The molecule has 0 saturated carbocycles. The Morgan fingerprint density at radius 3 is 2.76 bits per heavy atom.